The number of hydrogen-bond donors (Lipinski definition) is 0. The van der Waals surface area contributed by atoms with Crippen molar-refractivity contribution in [1.82, 2.24) is 0 Å². The molecule has 1 heterocycles. The van der Waals surface area contributed by atoms with Gasteiger partial charge in [-0.3, -0.25) is 4.48 Å². The van der Waals surface area contributed by atoms with Gasteiger partial charge in [-0.15, -0.1) is 0 Å². The molecule has 0 spiro atoms. The van der Waals surface area contributed by atoms with E-state index < -0.39 is 0 Å². The van der Waals surface area contributed by atoms with Crippen molar-refractivity contribution in [2.75, 3.05) is 14.1 Å². The van der Waals surface area contributed by atoms with E-state index in [1.165, 1.54) is 33.7 Å². The fraction of sp³-hybridized carbons (Fsp3) is 0.263. The molecule has 0 radical (unpaired) electrons. The van der Waals surface area contributed by atoms with Crippen LogP contribution >= 0.6 is 0 Å². The van der Waals surface area contributed by atoms with Crippen molar-refractivity contribution >= 4 is 5.57 Å². The van der Waals surface area contributed by atoms with Gasteiger partial charge in [-0.2, -0.15) is 0 Å². The third-order valence-corrected chi connectivity index (χ3v) is 4.31. The lowest BCUT2D eigenvalue weighted by atomic mass is 9.94. The quantitative estimate of drug-likeness (QED) is 0.672. The van der Waals surface area contributed by atoms with Crippen molar-refractivity contribution in [1.29, 1.82) is 0 Å². The number of hydrogen-bond acceptors (Lipinski definition) is 0. The van der Waals surface area contributed by atoms with Crippen molar-refractivity contribution < 1.29 is 4.48 Å². The Balaban J connectivity index is 2.65. The first kappa shape index (κ1) is 14.5. The standard InChI is InChI=1S/C19H24N/c1-7-14(2)19-13-17(12-16(4)20(19,5)6)18-11-9-8-10-15(18)3/h7-13H,1H2,2-6H3/q+1/b19-14-. The van der Waals surface area contributed by atoms with Crippen LogP contribution in [0.15, 0.2) is 66.0 Å². The highest BCUT2D eigenvalue weighted by atomic mass is 15.3. The van der Waals surface area contributed by atoms with Gasteiger partial charge in [0.05, 0.1) is 14.1 Å². The number of aryl methyl sites for hydroxylation is 1. The number of rotatable bonds is 2. The predicted octanol–water partition coefficient (Wildman–Crippen LogP) is 4.83. The maximum atomic E-state index is 3.93. The summed E-state index contributed by atoms with van der Waals surface area (Å²) >= 11 is 0. The van der Waals surface area contributed by atoms with E-state index in [4.69, 9.17) is 0 Å². The summed E-state index contributed by atoms with van der Waals surface area (Å²) in [6.45, 7) is 10.4. The smallest absolute Gasteiger partial charge is 0.140 e. The molecule has 0 saturated carbocycles. The van der Waals surface area contributed by atoms with Crippen LogP contribution in [0.5, 0.6) is 0 Å². The second-order valence-corrected chi connectivity index (χ2v) is 5.93. The summed E-state index contributed by atoms with van der Waals surface area (Å²) in [4.78, 5) is 0. The number of benzene rings is 1. The van der Waals surface area contributed by atoms with Gasteiger partial charge in [0, 0.05) is 24.6 Å². The SMILES string of the molecule is C=C/C(C)=C1/C=C(c2ccccc2C)C=C(C)[N+]1(C)C. The number of allylic oxidation sites excluding steroid dienone is 6. The van der Waals surface area contributed by atoms with Crippen LogP contribution in [0.2, 0.25) is 0 Å². The maximum Gasteiger partial charge on any atom is 0.140 e. The van der Waals surface area contributed by atoms with Gasteiger partial charge >= 0.3 is 0 Å². The van der Waals surface area contributed by atoms with Crippen LogP contribution in [0.25, 0.3) is 5.57 Å². The first-order valence-corrected chi connectivity index (χ1v) is 7.02. The third-order valence-electron chi connectivity index (χ3n) is 4.31. The molecule has 1 aromatic carbocycles. The van der Waals surface area contributed by atoms with E-state index in [9.17, 15) is 0 Å². The molecular formula is C19H24N+. The van der Waals surface area contributed by atoms with Crippen LogP contribution in [0.3, 0.4) is 0 Å². The van der Waals surface area contributed by atoms with Gasteiger partial charge in [-0.05, 0) is 30.5 Å². The van der Waals surface area contributed by atoms with Crippen molar-refractivity contribution in [3.63, 3.8) is 0 Å². The summed E-state index contributed by atoms with van der Waals surface area (Å²) in [6.07, 6.45) is 6.54. The Morgan fingerprint density at radius 3 is 2.35 bits per heavy atom. The zero-order valence-electron chi connectivity index (χ0n) is 13.2. The second kappa shape index (κ2) is 5.26. The average Bonchev–Trinajstić information content (AvgIpc) is 2.41. The second-order valence-electron chi connectivity index (χ2n) is 5.93. The topological polar surface area (TPSA) is 0 Å². The zero-order valence-corrected chi connectivity index (χ0v) is 13.2. The van der Waals surface area contributed by atoms with Gasteiger partial charge in [0.2, 0.25) is 0 Å². The summed E-state index contributed by atoms with van der Waals surface area (Å²) in [5, 5.41) is 0. The molecule has 0 unspecified atom stereocenters. The molecule has 1 aromatic rings. The van der Waals surface area contributed by atoms with Crippen LogP contribution in [0.1, 0.15) is 25.0 Å². The molecule has 1 aliphatic heterocycles. The van der Waals surface area contributed by atoms with Crippen molar-refractivity contribution in [3.05, 3.63) is 77.2 Å². The molecule has 20 heavy (non-hydrogen) atoms. The van der Waals surface area contributed by atoms with Gasteiger partial charge in [0.1, 0.15) is 11.4 Å². The van der Waals surface area contributed by atoms with Crippen LogP contribution in [0.4, 0.5) is 0 Å². The molecular weight excluding hydrogens is 242 g/mol. The minimum Gasteiger partial charge on any atom is -0.267 e. The van der Waals surface area contributed by atoms with Crippen molar-refractivity contribution in [2.45, 2.75) is 20.8 Å². The van der Waals surface area contributed by atoms with Gasteiger partial charge in [0.25, 0.3) is 0 Å². The molecule has 0 N–H and O–H groups in total. The number of nitrogens with zero attached hydrogens (tertiary/aromatic N) is 1. The molecule has 1 aliphatic rings. The first-order valence-electron chi connectivity index (χ1n) is 7.02. The lowest BCUT2D eigenvalue weighted by Gasteiger charge is -2.35. The molecule has 0 aliphatic carbocycles. The molecule has 0 fully saturated rings. The predicted molar refractivity (Wildman–Crippen MR) is 87.9 cm³/mol. The highest BCUT2D eigenvalue weighted by Gasteiger charge is 2.29. The fourth-order valence-corrected chi connectivity index (χ4v) is 2.64. The van der Waals surface area contributed by atoms with Crippen molar-refractivity contribution in [3.8, 4) is 0 Å². The molecule has 0 bridgehead atoms. The Hall–Kier alpha value is -1.86. The van der Waals surface area contributed by atoms with E-state index in [1.807, 2.05) is 6.08 Å². The zero-order chi connectivity index (χ0) is 14.9. The fourth-order valence-electron chi connectivity index (χ4n) is 2.64. The minimum absolute atomic E-state index is 0.785. The number of quaternary nitrogens is 1. The molecule has 1 nitrogen and oxygen atoms in total. The molecule has 0 saturated heterocycles. The minimum atomic E-state index is 0.785. The molecule has 0 aromatic heterocycles. The Bertz CT molecular complexity index is 639. The van der Waals surface area contributed by atoms with E-state index in [2.05, 4.69) is 77.9 Å². The Labute approximate surface area is 122 Å². The molecule has 0 amide bonds. The van der Waals surface area contributed by atoms with Crippen LogP contribution < -0.4 is 0 Å². The maximum absolute atomic E-state index is 3.93. The summed E-state index contributed by atoms with van der Waals surface area (Å²) in [7, 11) is 4.44. The Kier molecular flexibility index (Phi) is 3.82. The normalized spacial score (nSPS) is 20.1. The monoisotopic (exact) mass is 266 g/mol. The van der Waals surface area contributed by atoms with Crippen molar-refractivity contribution in [2.24, 2.45) is 0 Å². The van der Waals surface area contributed by atoms with E-state index in [0.29, 0.717) is 0 Å². The van der Waals surface area contributed by atoms with E-state index >= 15 is 0 Å². The molecule has 0 atom stereocenters. The molecule has 2 rings (SSSR count). The molecule has 104 valence electrons. The van der Waals surface area contributed by atoms with Gasteiger partial charge < -0.3 is 0 Å². The van der Waals surface area contributed by atoms with Gasteiger partial charge in [0.15, 0.2) is 0 Å². The molecule has 1 heteroatoms. The third kappa shape index (κ3) is 2.41. The summed E-state index contributed by atoms with van der Waals surface area (Å²) in [6, 6.07) is 8.55. The summed E-state index contributed by atoms with van der Waals surface area (Å²) in [5.74, 6) is 0. The average molecular weight is 266 g/mol. The van der Waals surface area contributed by atoms with Crippen LogP contribution in [-0.2, 0) is 0 Å². The highest BCUT2D eigenvalue weighted by Crippen LogP contribution is 2.35. The summed E-state index contributed by atoms with van der Waals surface area (Å²) in [5.41, 5.74) is 7.77. The van der Waals surface area contributed by atoms with Crippen LogP contribution in [0, 0.1) is 6.92 Å². The lowest BCUT2D eigenvalue weighted by molar-refractivity contribution is -0.810. The Morgan fingerprint density at radius 2 is 1.75 bits per heavy atom. The lowest BCUT2D eigenvalue weighted by Crippen LogP contribution is -2.38. The van der Waals surface area contributed by atoms with Gasteiger partial charge in [-0.1, -0.05) is 36.9 Å². The number of likely N-dealkylation sites (N-methyl/N-ethyl adjacent to an activating group) is 1. The van der Waals surface area contributed by atoms with E-state index in [-0.39, 0.29) is 0 Å². The van der Waals surface area contributed by atoms with E-state index in [1.54, 1.807) is 0 Å². The van der Waals surface area contributed by atoms with Crippen LogP contribution in [-0.4, -0.2) is 18.6 Å². The Morgan fingerprint density at radius 1 is 1.10 bits per heavy atom. The highest BCUT2D eigenvalue weighted by molar-refractivity contribution is 5.79. The van der Waals surface area contributed by atoms with E-state index in [0.717, 1.165) is 4.48 Å². The first-order chi connectivity index (χ1) is 9.37. The summed E-state index contributed by atoms with van der Waals surface area (Å²) < 4.78 is 0.785. The largest absolute Gasteiger partial charge is 0.267 e. The van der Waals surface area contributed by atoms with Gasteiger partial charge in [-0.25, -0.2) is 0 Å².